The van der Waals surface area contributed by atoms with Crippen molar-refractivity contribution < 1.29 is 18.2 Å². The smallest absolute Gasteiger partial charge is 0.146 e. The molecule has 4 nitrogen and oxygen atoms in total. The van der Waals surface area contributed by atoms with Gasteiger partial charge in [0.25, 0.3) is 0 Å². The quantitative estimate of drug-likeness (QED) is 0.686. The SMILES string of the molecule is C[P+](=O)OCCc1ccc(CCO[P+](C)=O)cc1. The first-order valence-corrected chi connectivity index (χ1v) is 8.98. The van der Waals surface area contributed by atoms with E-state index in [9.17, 15) is 9.13 Å². The summed E-state index contributed by atoms with van der Waals surface area (Å²) in [4.78, 5) is 0. The summed E-state index contributed by atoms with van der Waals surface area (Å²) in [6, 6.07) is 8.08. The zero-order chi connectivity index (χ0) is 13.4. The van der Waals surface area contributed by atoms with Crippen molar-refractivity contribution in [1.29, 1.82) is 0 Å². The molecule has 0 fully saturated rings. The van der Waals surface area contributed by atoms with E-state index < -0.39 is 16.1 Å². The molecular formula is C12H18O4P2+2. The molecule has 6 heteroatoms. The van der Waals surface area contributed by atoms with Crippen LogP contribution in [-0.2, 0) is 31.0 Å². The van der Waals surface area contributed by atoms with Crippen molar-refractivity contribution in [1.82, 2.24) is 0 Å². The fourth-order valence-corrected chi connectivity index (χ4v) is 2.15. The Hall–Kier alpha value is -0.660. The van der Waals surface area contributed by atoms with Crippen LogP contribution in [0.15, 0.2) is 24.3 Å². The van der Waals surface area contributed by atoms with Gasteiger partial charge in [0.2, 0.25) is 0 Å². The third-order valence-corrected chi connectivity index (χ3v) is 3.44. The van der Waals surface area contributed by atoms with Gasteiger partial charge in [0.05, 0.1) is 0 Å². The molecule has 1 aromatic rings. The minimum Gasteiger partial charge on any atom is -0.146 e. The van der Waals surface area contributed by atoms with Crippen molar-refractivity contribution in [3.05, 3.63) is 35.4 Å². The first-order valence-electron chi connectivity index (χ1n) is 5.73. The van der Waals surface area contributed by atoms with Gasteiger partial charge < -0.3 is 0 Å². The van der Waals surface area contributed by atoms with E-state index in [1.807, 2.05) is 24.3 Å². The monoisotopic (exact) mass is 288 g/mol. The Kier molecular flexibility index (Phi) is 7.22. The normalized spacial score (nSPS) is 12.3. The Labute approximate surface area is 109 Å². The summed E-state index contributed by atoms with van der Waals surface area (Å²) in [5.41, 5.74) is 2.30. The van der Waals surface area contributed by atoms with Crippen molar-refractivity contribution >= 4 is 16.1 Å². The summed E-state index contributed by atoms with van der Waals surface area (Å²) in [6.07, 6.45) is 1.51. The zero-order valence-electron chi connectivity index (χ0n) is 10.7. The van der Waals surface area contributed by atoms with Crippen LogP contribution in [0.4, 0.5) is 0 Å². The Morgan fingerprint density at radius 2 is 1.17 bits per heavy atom. The number of benzene rings is 1. The number of hydrogen-bond donors (Lipinski definition) is 0. The zero-order valence-corrected chi connectivity index (χ0v) is 12.5. The third kappa shape index (κ3) is 6.93. The van der Waals surface area contributed by atoms with Crippen LogP contribution >= 0.6 is 16.1 Å². The lowest BCUT2D eigenvalue weighted by Crippen LogP contribution is -1.96. The molecule has 0 aromatic heterocycles. The number of rotatable bonds is 8. The van der Waals surface area contributed by atoms with Gasteiger partial charge in [-0.2, -0.15) is 0 Å². The molecule has 0 heterocycles. The summed E-state index contributed by atoms with van der Waals surface area (Å²) in [5, 5.41) is 0. The van der Waals surface area contributed by atoms with E-state index in [2.05, 4.69) is 0 Å². The first kappa shape index (κ1) is 15.4. The van der Waals surface area contributed by atoms with Gasteiger partial charge in [-0.25, -0.2) is 0 Å². The summed E-state index contributed by atoms with van der Waals surface area (Å²) in [7, 11) is -3.02. The second-order valence-corrected chi connectivity index (χ2v) is 6.14. The largest absolute Gasteiger partial charge is 0.504 e. The minimum absolute atomic E-state index is 0.477. The van der Waals surface area contributed by atoms with Gasteiger partial charge in [-0.3, -0.25) is 0 Å². The Bertz CT molecular complexity index is 364. The molecule has 0 spiro atoms. The van der Waals surface area contributed by atoms with Crippen LogP contribution in [0.1, 0.15) is 11.1 Å². The highest BCUT2D eigenvalue weighted by atomic mass is 31.1. The van der Waals surface area contributed by atoms with E-state index >= 15 is 0 Å². The molecule has 0 saturated carbocycles. The molecule has 0 bridgehead atoms. The highest BCUT2D eigenvalue weighted by Crippen LogP contribution is 2.17. The summed E-state index contributed by atoms with van der Waals surface area (Å²) in [5.74, 6) is 0. The van der Waals surface area contributed by atoms with Gasteiger partial charge in [0, 0.05) is 12.8 Å². The van der Waals surface area contributed by atoms with Crippen LogP contribution in [0, 0.1) is 0 Å². The summed E-state index contributed by atoms with van der Waals surface area (Å²) < 4.78 is 31.5. The van der Waals surface area contributed by atoms with Crippen molar-refractivity contribution in [3.8, 4) is 0 Å². The lowest BCUT2D eigenvalue weighted by atomic mass is 10.1. The van der Waals surface area contributed by atoms with E-state index in [1.165, 1.54) is 0 Å². The molecule has 0 N–H and O–H groups in total. The van der Waals surface area contributed by atoms with Crippen LogP contribution < -0.4 is 0 Å². The molecular weight excluding hydrogens is 270 g/mol. The molecule has 2 atom stereocenters. The van der Waals surface area contributed by atoms with E-state index in [1.54, 1.807) is 13.3 Å². The predicted octanol–water partition coefficient (Wildman–Crippen LogP) is 3.55. The van der Waals surface area contributed by atoms with Gasteiger partial charge in [0.1, 0.15) is 13.2 Å². The third-order valence-electron chi connectivity index (χ3n) is 2.35. The van der Waals surface area contributed by atoms with E-state index in [0.29, 0.717) is 13.2 Å². The van der Waals surface area contributed by atoms with Gasteiger partial charge in [-0.15, -0.1) is 9.05 Å². The summed E-state index contributed by atoms with van der Waals surface area (Å²) in [6.45, 7) is 4.06. The molecule has 0 aliphatic carbocycles. The lowest BCUT2D eigenvalue weighted by molar-refractivity contribution is 0.335. The Morgan fingerprint density at radius 3 is 1.44 bits per heavy atom. The van der Waals surface area contributed by atoms with Crippen LogP contribution in [-0.4, -0.2) is 26.5 Å². The molecule has 98 valence electrons. The average Bonchev–Trinajstić information content (AvgIpc) is 2.30. The highest BCUT2D eigenvalue weighted by Gasteiger charge is 2.07. The molecule has 0 aliphatic heterocycles. The fourth-order valence-electron chi connectivity index (χ4n) is 1.46. The fraction of sp³-hybridized carbons (Fsp3) is 0.500. The summed E-state index contributed by atoms with van der Waals surface area (Å²) >= 11 is 0. The van der Waals surface area contributed by atoms with Crippen LogP contribution in [0.5, 0.6) is 0 Å². The first-order chi connectivity index (χ1) is 8.58. The molecule has 1 rings (SSSR count). The maximum absolute atomic E-state index is 10.7. The van der Waals surface area contributed by atoms with Crippen molar-refractivity contribution in [2.75, 3.05) is 26.5 Å². The van der Waals surface area contributed by atoms with Crippen molar-refractivity contribution in [2.45, 2.75) is 12.8 Å². The van der Waals surface area contributed by atoms with Crippen LogP contribution in [0.2, 0.25) is 0 Å². The van der Waals surface area contributed by atoms with Gasteiger partial charge in [-0.05, 0) is 20.3 Å². The molecule has 2 unspecified atom stereocenters. The maximum atomic E-state index is 10.7. The standard InChI is InChI=1S/C12H18O4P2/c1-17(13)15-9-7-11-3-5-12(6-4-11)8-10-16-18(2)14/h3-6H,7-10H2,1-2H3/q+2. The van der Waals surface area contributed by atoms with Crippen LogP contribution in [0.25, 0.3) is 0 Å². The average molecular weight is 288 g/mol. The van der Waals surface area contributed by atoms with Gasteiger partial charge in [0.15, 0.2) is 13.3 Å². The lowest BCUT2D eigenvalue weighted by Gasteiger charge is -2.01. The van der Waals surface area contributed by atoms with Gasteiger partial charge in [-0.1, -0.05) is 24.3 Å². The molecule has 0 amide bonds. The van der Waals surface area contributed by atoms with E-state index in [0.717, 1.165) is 24.0 Å². The molecule has 0 radical (unpaired) electrons. The Balaban J connectivity index is 2.33. The second-order valence-electron chi connectivity index (χ2n) is 3.86. The molecule has 0 saturated heterocycles. The number of hydrogen-bond acceptors (Lipinski definition) is 4. The highest BCUT2D eigenvalue weighted by molar-refractivity contribution is 7.38. The van der Waals surface area contributed by atoms with Crippen molar-refractivity contribution in [3.63, 3.8) is 0 Å². The molecule has 0 aliphatic rings. The van der Waals surface area contributed by atoms with Crippen molar-refractivity contribution in [2.24, 2.45) is 0 Å². The van der Waals surface area contributed by atoms with Gasteiger partial charge >= 0.3 is 16.1 Å². The topological polar surface area (TPSA) is 52.6 Å². The Morgan fingerprint density at radius 1 is 0.833 bits per heavy atom. The molecule has 1 aromatic carbocycles. The minimum atomic E-state index is -1.51. The maximum Gasteiger partial charge on any atom is 0.504 e. The second kappa shape index (κ2) is 8.44. The molecule has 18 heavy (non-hydrogen) atoms. The van der Waals surface area contributed by atoms with E-state index in [-0.39, 0.29) is 0 Å². The van der Waals surface area contributed by atoms with E-state index in [4.69, 9.17) is 9.05 Å². The van der Waals surface area contributed by atoms with Crippen LogP contribution in [0.3, 0.4) is 0 Å². The predicted molar refractivity (Wildman–Crippen MR) is 72.8 cm³/mol.